The number of rotatable bonds is 2. The minimum absolute atomic E-state index is 0.609. The van der Waals surface area contributed by atoms with Crippen molar-refractivity contribution in [3.63, 3.8) is 0 Å². The predicted molar refractivity (Wildman–Crippen MR) is 59.5 cm³/mol. The van der Waals surface area contributed by atoms with E-state index in [1.165, 1.54) is 18.0 Å². The average Bonchev–Trinajstić information content (AvgIpc) is 2.56. The lowest BCUT2D eigenvalue weighted by atomic mass is 10.3. The fourth-order valence-corrected chi connectivity index (χ4v) is 2.52. The summed E-state index contributed by atoms with van der Waals surface area (Å²) in [7, 11) is 0. The Kier molecular flexibility index (Phi) is 3.50. The van der Waals surface area contributed by atoms with E-state index in [2.05, 4.69) is 27.5 Å². The van der Waals surface area contributed by atoms with Crippen molar-refractivity contribution < 1.29 is 0 Å². The lowest BCUT2D eigenvalue weighted by Crippen LogP contribution is -2.34. The van der Waals surface area contributed by atoms with E-state index in [9.17, 15) is 0 Å². The van der Waals surface area contributed by atoms with Gasteiger partial charge in [0.25, 0.3) is 0 Å². The third-order valence-corrected chi connectivity index (χ3v) is 3.28. The molecule has 0 aromatic carbocycles. The van der Waals surface area contributed by atoms with Gasteiger partial charge in [0.1, 0.15) is 5.01 Å². The van der Waals surface area contributed by atoms with Crippen LogP contribution in [0.4, 0.5) is 0 Å². The van der Waals surface area contributed by atoms with Gasteiger partial charge in [-0.05, 0) is 26.4 Å². The Hall–Kier alpha value is -0.450. The van der Waals surface area contributed by atoms with Crippen LogP contribution in [0.25, 0.3) is 0 Å². The zero-order chi connectivity index (χ0) is 9.80. The summed E-state index contributed by atoms with van der Waals surface area (Å²) >= 11 is 1.75. The van der Waals surface area contributed by atoms with Gasteiger partial charge in [0.15, 0.2) is 0 Å². The monoisotopic (exact) mass is 211 g/mol. The molecule has 1 unspecified atom stereocenters. The van der Waals surface area contributed by atoms with Crippen molar-refractivity contribution in [2.24, 2.45) is 0 Å². The van der Waals surface area contributed by atoms with Gasteiger partial charge in [-0.25, -0.2) is 4.98 Å². The third-order valence-electron chi connectivity index (χ3n) is 2.52. The molecular weight excluding hydrogens is 194 g/mol. The largest absolute Gasteiger partial charge is 0.313 e. The third kappa shape index (κ3) is 2.77. The van der Waals surface area contributed by atoms with E-state index >= 15 is 0 Å². The Morgan fingerprint density at radius 2 is 2.64 bits per heavy atom. The standard InChI is InChI=1S/C10H17N3S/c1-9-7-13(5-2-3-11-9)8-10-12-4-6-14-10/h4,6,9,11H,2-3,5,7-8H2,1H3. The zero-order valence-electron chi connectivity index (χ0n) is 8.57. The van der Waals surface area contributed by atoms with Gasteiger partial charge in [0, 0.05) is 24.2 Å². The van der Waals surface area contributed by atoms with E-state index in [1.807, 2.05) is 6.20 Å². The molecule has 78 valence electrons. The topological polar surface area (TPSA) is 28.2 Å². The summed E-state index contributed by atoms with van der Waals surface area (Å²) < 4.78 is 0. The maximum atomic E-state index is 4.32. The molecule has 3 nitrogen and oxygen atoms in total. The molecular formula is C10H17N3S. The van der Waals surface area contributed by atoms with Gasteiger partial charge in [-0.1, -0.05) is 0 Å². The molecule has 0 amide bonds. The lowest BCUT2D eigenvalue weighted by molar-refractivity contribution is 0.264. The molecule has 1 N–H and O–H groups in total. The van der Waals surface area contributed by atoms with Gasteiger partial charge in [-0.3, -0.25) is 4.90 Å². The number of aromatic nitrogens is 1. The molecule has 14 heavy (non-hydrogen) atoms. The van der Waals surface area contributed by atoms with Crippen molar-refractivity contribution in [2.45, 2.75) is 25.9 Å². The van der Waals surface area contributed by atoms with Gasteiger partial charge in [-0.15, -0.1) is 11.3 Å². The van der Waals surface area contributed by atoms with E-state index in [4.69, 9.17) is 0 Å². The normalized spacial score (nSPS) is 24.8. The molecule has 1 aromatic rings. The second-order valence-corrected chi connectivity index (χ2v) is 4.85. The molecule has 0 bridgehead atoms. The Morgan fingerprint density at radius 1 is 1.71 bits per heavy atom. The molecule has 0 radical (unpaired) electrons. The molecule has 1 fully saturated rings. The van der Waals surface area contributed by atoms with Gasteiger partial charge in [0.2, 0.25) is 0 Å². The second kappa shape index (κ2) is 4.87. The first-order chi connectivity index (χ1) is 6.84. The van der Waals surface area contributed by atoms with Crippen LogP contribution in [0.15, 0.2) is 11.6 Å². The maximum Gasteiger partial charge on any atom is 0.107 e. The highest BCUT2D eigenvalue weighted by molar-refractivity contribution is 7.09. The highest BCUT2D eigenvalue weighted by atomic mass is 32.1. The van der Waals surface area contributed by atoms with E-state index in [0.717, 1.165) is 19.6 Å². The van der Waals surface area contributed by atoms with E-state index in [1.54, 1.807) is 11.3 Å². The summed E-state index contributed by atoms with van der Waals surface area (Å²) in [5, 5.41) is 6.78. The van der Waals surface area contributed by atoms with Crippen molar-refractivity contribution in [3.8, 4) is 0 Å². The van der Waals surface area contributed by atoms with Crippen LogP contribution in [-0.2, 0) is 6.54 Å². The van der Waals surface area contributed by atoms with Gasteiger partial charge in [-0.2, -0.15) is 0 Å². The zero-order valence-corrected chi connectivity index (χ0v) is 9.39. The maximum absolute atomic E-state index is 4.32. The number of hydrogen-bond donors (Lipinski definition) is 1. The summed E-state index contributed by atoms with van der Waals surface area (Å²) in [4.78, 5) is 6.81. The molecule has 0 saturated carbocycles. The molecule has 2 heterocycles. The first kappa shape index (κ1) is 10.1. The summed E-state index contributed by atoms with van der Waals surface area (Å²) in [5.74, 6) is 0. The first-order valence-electron chi connectivity index (χ1n) is 5.19. The number of nitrogens with zero attached hydrogens (tertiary/aromatic N) is 2. The summed E-state index contributed by atoms with van der Waals surface area (Å²) in [6, 6.07) is 0.609. The van der Waals surface area contributed by atoms with Crippen LogP contribution in [0.2, 0.25) is 0 Å². The molecule has 1 aromatic heterocycles. The van der Waals surface area contributed by atoms with Crippen LogP contribution in [0, 0.1) is 0 Å². The molecule has 1 saturated heterocycles. The molecule has 0 aliphatic carbocycles. The minimum Gasteiger partial charge on any atom is -0.313 e. The van der Waals surface area contributed by atoms with Crippen LogP contribution in [0.1, 0.15) is 18.4 Å². The Morgan fingerprint density at radius 3 is 3.43 bits per heavy atom. The van der Waals surface area contributed by atoms with Crippen molar-refractivity contribution in [2.75, 3.05) is 19.6 Å². The van der Waals surface area contributed by atoms with Gasteiger partial charge in [0.05, 0.1) is 6.54 Å². The average molecular weight is 211 g/mol. The van der Waals surface area contributed by atoms with E-state index in [-0.39, 0.29) is 0 Å². The van der Waals surface area contributed by atoms with E-state index in [0.29, 0.717) is 6.04 Å². The van der Waals surface area contributed by atoms with Crippen LogP contribution in [0.5, 0.6) is 0 Å². The molecule has 1 atom stereocenters. The van der Waals surface area contributed by atoms with Gasteiger partial charge >= 0.3 is 0 Å². The Bertz CT molecular complexity index is 260. The Labute approximate surface area is 89.1 Å². The second-order valence-electron chi connectivity index (χ2n) is 3.87. The highest BCUT2D eigenvalue weighted by Crippen LogP contribution is 2.10. The van der Waals surface area contributed by atoms with Crippen molar-refractivity contribution in [1.29, 1.82) is 0 Å². The van der Waals surface area contributed by atoms with Crippen LogP contribution < -0.4 is 5.32 Å². The van der Waals surface area contributed by atoms with Crippen LogP contribution in [0.3, 0.4) is 0 Å². The SMILES string of the molecule is CC1CN(Cc2nccs2)CCCN1. The number of hydrogen-bond acceptors (Lipinski definition) is 4. The van der Waals surface area contributed by atoms with Crippen molar-refractivity contribution in [1.82, 2.24) is 15.2 Å². The summed E-state index contributed by atoms with van der Waals surface area (Å²) in [5.41, 5.74) is 0. The molecule has 1 aliphatic rings. The van der Waals surface area contributed by atoms with Gasteiger partial charge < -0.3 is 5.32 Å². The van der Waals surface area contributed by atoms with Crippen molar-refractivity contribution in [3.05, 3.63) is 16.6 Å². The molecule has 4 heteroatoms. The van der Waals surface area contributed by atoms with Crippen LogP contribution in [-0.4, -0.2) is 35.6 Å². The summed E-state index contributed by atoms with van der Waals surface area (Å²) in [6.45, 7) is 6.75. The first-order valence-corrected chi connectivity index (χ1v) is 6.06. The summed E-state index contributed by atoms with van der Waals surface area (Å²) in [6.07, 6.45) is 3.13. The highest BCUT2D eigenvalue weighted by Gasteiger charge is 2.14. The smallest absolute Gasteiger partial charge is 0.107 e. The fourth-order valence-electron chi connectivity index (χ4n) is 1.86. The van der Waals surface area contributed by atoms with E-state index < -0.39 is 0 Å². The molecule has 1 aliphatic heterocycles. The van der Waals surface area contributed by atoms with Crippen molar-refractivity contribution >= 4 is 11.3 Å². The van der Waals surface area contributed by atoms with Crippen LogP contribution >= 0.6 is 11.3 Å². The number of nitrogens with one attached hydrogen (secondary N) is 1. The molecule has 2 rings (SSSR count). The number of thiazole rings is 1. The predicted octanol–water partition coefficient (Wildman–Crippen LogP) is 1.33. The minimum atomic E-state index is 0.609. The molecule has 0 spiro atoms. The lowest BCUT2D eigenvalue weighted by Gasteiger charge is -2.20. The quantitative estimate of drug-likeness (QED) is 0.800. The Balaban J connectivity index is 1.90. The fraction of sp³-hybridized carbons (Fsp3) is 0.700.